The zero-order valence-corrected chi connectivity index (χ0v) is 29.5. The molecule has 0 radical (unpaired) electrons. The summed E-state index contributed by atoms with van der Waals surface area (Å²) in [5.41, 5.74) is 8.10. The Bertz CT molecular complexity index is 1900. The van der Waals surface area contributed by atoms with E-state index >= 15 is 0 Å². The first kappa shape index (κ1) is 37.2. The van der Waals surface area contributed by atoms with Gasteiger partial charge in [-0.2, -0.15) is 10.2 Å². The van der Waals surface area contributed by atoms with Crippen LogP contribution < -0.4 is 21.1 Å². The van der Waals surface area contributed by atoms with Gasteiger partial charge in [-0.15, -0.1) is 0 Å². The number of amides is 3. The summed E-state index contributed by atoms with van der Waals surface area (Å²) in [6.07, 6.45) is 3.30. The van der Waals surface area contributed by atoms with E-state index in [1.807, 2.05) is 13.8 Å². The van der Waals surface area contributed by atoms with Crippen molar-refractivity contribution in [3.8, 4) is 5.75 Å². The van der Waals surface area contributed by atoms with Crippen LogP contribution in [0.2, 0.25) is 0 Å². The molecule has 268 valence electrons. The second-order valence-electron chi connectivity index (χ2n) is 12.4. The van der Waals surface area contributed by atoms with Crippen molar-refractivity contribution in [2.45, 2.75) is 80.1 Å². The van der Waals surface area contributed by atoms with Gasteiger partial charge in [-0.25, -0.2) is 14.6 Å². The van der Waals surface area contributed by atoms with Gasteiger partial charge in [-0.1, -0.05) is 6.08 Å². The highest BCUT2D eigenvalue weighted by molar-refractivity contribution is 6.04. The summed E-state index contributed by atoms with van der Waals surface area (Å²) in [4.78, 5) is 55.1. The number of fused-ring (bicyclic) bond motifs is 1. The van der Waals surface area contributed by atoms with Gasteiger partial charge in [0.15, 0.2) is 0 Å². The van der Waals surface area contributed by atoms with Crippen LogP contribution in [0.3, 0.4) is 0 Å². The van der Waals surface area contributed by atoms with E-state index in [9.17, 15) is 19.2 Å². The summed E-state index contributed by atoms with van der Waals surface area (Å²) < 4.78 is 21.7. The van der Waals surface area contributed by atoms with Crippen LogP contribution in [0.15, 0.2) is 36.4 Å². The molecule has 4 N–H and O–H groups in total. The van der Waals surface area contributed by atoms with Gasteiger partial charge >= 0.3 is 12.1 Å². The van der Waals surface area contributed by atoms with Crippen LogP contribution in [-0.4, -0.2) is 78.3 Å². The molecule has 0 spiro atoms. The molecule has 0 fully saturated rings. The Morgan fingerprint density at radius 2 is 1.60 bits per heavy atom. The van der Waals surface area contributed by atoms with Gasteiger partial charge in [0.1, 0.15) is 34.9 Å². The fraction of sp³-hybridized carbons (Fsp3) is 0.441. The van der Waals surface area contributed by atoms with E-state index in [0.29, 0.717) is 59.1 Å². The molecule has 3 aromatic heterocycles. The predicted octanol–water partition coefficient (Wildman–Crippen LogP) is 4.14. The lowest BCUT2D eigenvalue weighted by molar-refractivity contribution is 0.0519. The van der Waals surface area contributed by atoms with Crippen molar-refractivity contribution in [3.63, 3.8) is 0 Å². The van der Waals surface area contributed by atoms with Crippen LogP contribution in [-0.2, 0) is 29.1 Å². The van der Waals surface area contributed by atoms with Crippen LogP contribution in [0, 0.1) is 13.8 Å². The van der Waals surface area contributed by atoms with Crippen LogP contribution in [0.25, 0.3) is 11.0 Å². The number of ether oxygens (including phenoxy) is 3. The van der Waals surface area contributed by atoms with E-state index in [-0.39, 0.29) is 37.8 Å². The molecule has 0 aliphatic rings. The molecule has 0 aliphatic heterocycles. The molecule has 0 bridgehead atoms. The number of nitrogens with one attached hydrogen (secondary N) is 2. The third-order valence-corrected chi connectivity index (χ3v) is 7.17. The van der Waals surface area contributed by atoms with E-state index in [4.69, 9.17) is 19.9 Å². The van der Waals surface area contributed by atoms with Gasteiger partial charge in [0.2, 0.25) is 11.9 Å². The number of aryl methyl sites for hydroxylation is 4. The van der Waals surface area contributed by atoms with Crippen LogP contribution >= 0.6 is 0 Å². The number of benzene rings is 1. The molecule has 4 aromatic rings. The van der Waals surface area contributed by atoms with Gasteiger partial charge in [0.05, 0.1) is 23.5 Å². The SMILES string of the molecule is CCn1nc(C)cc1C(=O)Nc1nc2cc(C(N)=O)cc(OCCCNC(=O)OC(C)(C)C)c2n1C/C=C/COC(=O)c1cc(C)nn1CC. The van der Waals surface area contributed by atoms with Gasteiger partial charge in [0, 0.05) is 31.7 Å². The molecular formula is C34H45N9O7. The number of aromatic nitrogens is 6. The average Bonchev–Trinajstić information content (AvgIpc) is 3.73. The second-order valence-corrected chi connectivity index (χ2v) is 12.4. The number of primary amides is 1. The topological polar surface area (TPSA) is 200 Å². The molecule has 16 nitrogen and oxygen atoms in total. The smallest absolute Gasteiger partial charge is 0.407 e. The van der Waals surface area contributed by atoms with Gasteiger partial charge in [0.25, 0.3) is 5.91 Å². The highest BCUT2D eigenvalue weighted by Crippen LogP contribution is 2.31. The number of alkyl carbamates (subject to hydrolysis) is 1. The Labute approximate surface area is 289 Å². The number of rotatable bonds is 15. The first-order valence-electron chi connectivity index (χ1n) is 16.4. The Morgan fingerprint density at radius 3 is 2.24 bits per heavy atom. The maximum Gasteiger partial charge on any atom is 0.407 e. The fourth-order valence-electron chi connectivity index (χ4n) is 5.05. The monoisotopic (exact) mass is 691 g/mol. The van der Waals surface area contributed by atoms with E-state index in [1.54, 1.807) is 72.8 Å². The van der Waals surface area contributed by atoms with Crippen molar-refractivity contribution in [1.29, 1.82) is 0 Å². The summed E-state index contributed by atoms with van der Waals surface area (Å²) in [7, 11) is 0. The van der Waals surface area contributed by atoms with E-state index in [1.165, 1.54) is 12.1 Å². The number of allylic oxidation sites excluding steroid dienone is 1. The summed E-state index contributed by atoms with van der Waals surface area (Å²) in [5, 5.41) is 14.2. The maximum atomic E-state index is 13.5. The zero-order chi connectivity index (χ0) is 36.6. The van der Waals surface area contributed by atoms with Crippen LogP contribution in [0.4, 0.5) is 10.7 Å². The summed E-state index contributed by atoms with van der Waals surface area (Å²) in [6, 6.07) is 6.38. The fourth-order valence-corrected chi connectivity index (χ4v) is 5.05. The normalized spacial score (nSPS) is 11.6. The molecule has 1 aromatic carbocycles. The average molecular weight is 692 g/mol. The highest BCUT2D eigenvalue weighted by atomic mass is 16.6. The number of anilines is 1. The van der Waals surface area contributed by atoms with Gasteiger partial charge in [-0.05, 0) is 85.2 Å². The number of imidazole rings is 1. The lowest BCUT2D eigenvalue weighted by Gasteiger charge is -2.19. The third kappa shape index (κ3) is 9.48. The molecule has 3 amide bonds. The number of carbonyl (C=O) groups is 4. The van der Waals surface area contributed by atoms with Crippen molar-refractivity contribution < 1.29 is 33.4 Å². The predicted molar refractivity (Wildman–Crippen MR) is 185 cm³/mol. The minimum Gasteiger partial charge on any atom is -0.491 e. The first-order valence-corrected chi connectivity index (χ1v) is 16.4. The standard InChI is InChI=1S/C34H45N9O7/c1-8-42-25(17-21(3)39-42)30(45)38-32-37-24-19-23(29(35)44)20-27(48-16-12-13-36-33(47)50-34(5,6)7)28(24)41(32)14-10-11-15-49-31(46)26-18-22(4)40-43(26)9-2/h10-11,17-20H,8-9,12-16H2,1-7H3,(H2,35,44)(H,36,47)(H,37,38,45)/b11-10+. The molecule has 0 saturated heterocycles. The summed E-state index contributed by atoms with van der Waals surface area (Å²) in [6.45, 7) is 14.3. The number of nitrogens with two attached hydrogens (primary N) is 1. The van der Waals surface area contributed by atoms with E-state index < -0.39 is 29.5 Å². The largest absolute Gasteiger partial charge is 0.491 e. The Morgan fingerprint density at radius 1 is 0.940 bits per heavy atom. The Hall–Kier alpha value is -5.67. The molecule has 0 aliphatic carbocycles. The van der Waals surface area contributed by atoms with E-state index in [2.05, 4.69) is 25.8 Å². The summed E-state index contributed by atoms with van der Waals surface area (Å²) in [5.74, 6) is -1.16. The van der Waals surface area contributed by atoms with Crippen molar-refractivity contribution in [2.24, 2.45) is 5.73 Å². The molecule has 0 saturated carbocycles. The summed E-state index contributed by atoms with van der Waals surface area (Å²) >= 11 is 0. The highest BCUT2D eigenvalue weighted by Gasteiger charge is 2.22. The number of esters is 1. The third-order valence-electron chi connectivity index (χ3n) is 7.17. The second kappa shape index (κ2) is 16.2. The molecule has 0 atom stereocenters. The molecule has 4 rings (SSSR count). The molecule has 0 unspecified atom stereocenters. The Balaban J connectivity index is 1.60. The van der Waals surface area contributed by atoms with Crippen molar-refractivity contribution in [3.05, 3.63) is 64.8 Å². The lowest BCUT2D eigenvalue weighted by Crippen LogP contribution is -2.33. The molecular weight excluding hydrogens is 646 g/mol. The quantitative estimate of drug-likeness (QED) is 0.0925. The van der Waals surface area contributed by atoms with Gasteiger partial charge in [-0.3, -0.25) is 24.3 Å². The van der Waals surface area contributed by atoms with Crippen LogP contribution in [0.5, 0.6) is 5.75 Å². The molecule has 3 heterocycles. The maximum absolute atomic E-state index is 13.5. The van der Waals surface area contributed by atoms with Crippen molar-refractivity contribution in [2.75, 3.05) is 25.1 Å². The lowest BCUT2D eigenvalue weighted by atomic mass is 10.1. The van der Waals surface area contributed by atoms with E-state index in [0.717, 1.165) is 0 Å². The Kier molecular flexibility index (Phi) is 12.0. The number of hydrogen-bond acceptors (Lipinski definition) is 10. The zero-order valence-electron chi connectivity index (χ0n) is 29.5. The van der Waals surface area contributed by atoms with Gasteiger partial charge < -0.3 is 29.8 Å². The molecule has 50 heavy (non-hydrogen) atoms. The van der Waals surface area contributed by atoms with Crippen LogP contribution in [0.1, 0.15) is 83.8 Å². The number of hydrogen-bond donors (Lipinski definition) is 3. The number of nitrogens with zero attached hydrogens (tertiary/aromatic N) is 6. The minimum absolute atomic E-state index is 0.0180. The molecule has 16 heteroatoms. The van der Waals surface area contributed by atoms with Crippen molar-refractivity contribution >= 4 is 40.9 Å². The minimum atomic E-state index is -0.688. The number of carbonyl (C=O) groups excluding carboxylic acids is 4. The van der Waals surface area contributed by atoms with Crippen molar-refractivity contribution in [1.82, 2.24) is 34.4 Å². The first-order chi connectivity index (χ1) is 23.7.